The summed E-state index contributed by atoms with van der Waals surface area (Å²) in [5.41, 5.74) is -0.974. The highest BCUT2D eigenvalue weighted by molar-refractivity contribution is 6.20. The van der Waals surface area contributed by atoms with Crippen LogP contribution in [-0.2, 0) is 6.54 Å². The molecule has 9 nitrogen and oxygen atoms in total. The molecule has 1 atom stereocenters. The lowest BCUT2D eigenvalue weighted by Gasteiger charge is -2.21. The maximum atomic E-state index is 13.0. The molecule has 2 aliphatic heterocycles. The molecule has 2 aliphatic rings. The Morgan fingerprint density at radius 3 is 2.70 bits per heavy atom. The Kier molecular flexibility index (Phi) is 6.35. The molecule has 2 amide bonds. The van der Waals surface area contributed by atoms with Crippen LogP contribution in [0.15, 0.2) is 48.8 Å². The molecular formula is C25H19ClF2N6O3. The minimum absolute atomic E-state index is 0.132. The quantitative estimate of drug-likeness (QED) is 0.465. The van der Waals surface area contributed by atoms with E-state index in [1.54, 1.807) is 18.3 Å². The third-order valence-electron chi connectivity index (χ3n) is 6.09. The van der Waals surface area contributed by atoms with Gasteiger partial charge >= 0.3 is 5.57 Å². The molecule has 3 aromatic rings. The number of halogens is 3. The van der Waals surface area contributed by atoms with Crippen LogP contribution in [0.1, 0.15) is 32.8 Å². The maximum absolute atomic E-state index is 13.0. The normalized spacial score (nSPS) is 16.6. The van der Waals surface area contributed by atoms with Crippen molar-refractivity contribution in [3.05, 3.63) is 65.6 Å². The second kappa shape index (κ2) is 9.63. The first-order chi connectivity index (χ1) is 17.7. The lowest BCUT2D eigenvalue weighted by molar-refractivity contribution is -0.0964. The van der Waals surface area contributed by atoms with Crippen molar-refractivity contribution in [1.82, 2.24) is 15.3 Å². The number of carbonyl (C=O) groups excluding carboxylic acids is 2. The van der Waals surface area contributed by atoms with E-state index in [0.29, 0.717) is 59.9 Å². The number of amides is 2. The van der Waals surface area contributed by atoms with Crippen molar-refractivity contribution in [3.63, 3.8) is 0 Å². The standard InChI is InChI=1S/C25H19ClF2N6O3/c26-25(27,28)37-18-3-1-17(2-4-18)33-23(35)16-8-19(15-7-20-21(30-10-15)12-32-24(20)36)22(31-11-16)34-6-5-14(9-29)13-34/h1-4,7-8,10-11,14H,5-6,12-13H2,(H,32,36)(H,33,35)/t14-/m0/s1. The van der Waals surface area contributed by atoms with E-state index in [9.17, 15) is 23.6 Å². The summed E-state index contributed by atoms with van der Waals surface area (Å²) >= 11 is 4.77. The Morgan fingerprint density at radius 1 is 1.22 bits per heavy atom. The fraction of sp³-hybridized carbons (Fsp3) is 0.240. The third-order valence-corrected chi connectivity index (χ3v) is 6.16. The van der Waals surface area contributed by atoms with Crippen molar-refractivity contribution in [3.8, 4) is 22.9 Å². The van der Waals surface area contributed by atoms with Crippen molar-refractivity contribution < 1.29 is 23.1 Å². The van der Waals surface area contributed by atoms with Gasteiger partial charge in [0.1, 0.15) is 11.6 Å². The monoisotopic (exact) mass is 524 g/mol. The first-order valence-electron chi connectivity index (χ1n) is 11.3. The van der Waals surface area contributed by atoms with Crippen molar-refractivity contribution in [2.45, 2.75) is 18.5 Å². The number of hydrogen-bond donors (Lipinski definition) is 2. The fourth-order valence-electron chi connectivity index (χ4n) is 4.28. The summed E-state index contributed by atoms with van der Waals surface area (Å²) in [5, 5.41) is 14.7. The number of benzene rings is 1. The van der Waals surface area contributed by atoms with Crippen molar-refractivity contribution in [2.75, 3.05) is 23.3 Å². The number of alkyl halides is 3. The summed E-state index contributed by atoms with van der Waals surface area (Å²) in [6.45, 7) is 1.47. The number of anilines is 2. The fourth-order valence-corrected chi connectivity index (χ4v) is 4.37. The lowest BCUT2D eigenvalue weighted by Crippen LogP contribution is -2.22. The largest absolute Gasteiger partial charge is 0.487 e. The Balaban J connectivity index is 1.45. The van der Waals surface area contributed by atoms with E-state index >= 15 is 0 Å². The van der Waals surface area contributed by atoms with Gasteiger partial charge in [-0.2, -0.15) is 5.26 Å². The number of rotatable bonds is 6. The summed E-state index contributed by atoms with van der Waals surface area (Å²) < 4.78 is 29.9. The molecule has 2 aromatic heterocycles. The maximum Gasteiger partial charge on any atom is 0.487 e. The smallest absolute Gasteiger partial charge is 0.420 e. The Labute approximate surface area is 215 Å². The van der Waals surface area contributed by atoms with Gasteiger partial charge in [0.05, 0.1) is 35.4 Å². The zero-order valence-electron chi connectivity index (χ0n) is 19.2. The van der Waals surface area contributed by atoms with Crippen LogP contribution >= 0.6 is 11.6 Å². The van der Waals surface area contributed by atoms with Crippen LogP contribution in [0.2, 0.25) is 0 Å². The topological polar surface area (TPSA) is 120 Å². The van der Waals surface area contributed by atoms with Gasteiger partial charge in [0, 0.05) is 53.9 Å². The summed E-state index contributed by atoms with van der Waals surface area (Å²) in [7, 11) is 0. The van der Waals surface area contributed by atoms with Crippen LogP contribution in [0.4, 0.5) is 20.3 Å². The van der Waals surface area contributed by atoms with Crippen molar-refractivity contribution >= 4 is 34.9 Å². The first kappa shape index (κ1) is 24.4. The van der Waals surface area contributed by atoms with Gasteiger partial charge in [-0.05, 0) is 42.8 Å². The van der Waals surface area contributed by atoms with Gasteiger partial charge in [0.25, 0.3) is 11.8 Å². The number of nitrogens with zero attached hydrogens (tertiary/aromatic N) is 4. The third kappa shape index (κ3) is 5.29. The van der Waals surface area contributed by atoms with Crippen molar-refractivity contribution in [2.24, 2.45) is 5.92 Å². The average molecular weight is 525 g/mol. The summed E-state index contributed by atoms with van der Waals surface area (Å²) in [6.07, 6.45) is 3.75. The first-order valence-corrected chi connectivity index (χ1v) is 11.7. The highest BCUT2D eigenvalue weighted by atomic mass is 35.5. The number of carbonyl (C=O) groups is 2. The number of fused-ring (bicyclic) bond motifs is 1. The Hall–Kier alpha value is -4.30. The minimum atomic E-state index is -3.84. The van der Waals surface area contributed by atoms with E-state index in [0.717, 1.165) is 0 Å². The van der Waals surface area contributed by atoms with Gasteiger partial charge in [0.2, 0.25) is 0 Å². The molecule has 2 N–H and O–H groups in total. The number of ether oxygens (including phenoxy) is 1. The molecule has 4 heterocycles. The zero-order valence-corrected chi connectivity index (χ0v) is 19.9. The van der Waals surface area contributed by atoms with Gasteiger partial charge in [-0.3, -0.25) is 14.6 Å². The second-order valence-corrected chi connectivity index (χ2v) is 9.02. The molecule has 0 saturated carbocycles. The SMILES string of the molecule is N#C[C@@H]1CCN(c2ncc(C(=O)Nc3ccc(OC(F)(F)Cl)cc3)cc2-c2cnc3c(c2)C(=O)NC3)C1. The van der Waals surface area contributed by atoms with E-state index in [1.807, 2.05) is 4.90 Å². The molecule has 5 rings (SSSR count). The average Bonchev–Trinajstić information content (AvgIpc) is 3.50. The molecule has 0 radical (unpaired) electrons. The molecule has 12 heteroatoms. The molecule has 1 aromatic carbocycles. The molecule has 1 saturated heterocycles. The highest BCUT2D eigenvalue weighted by Gasteiger charge is 2.29. The highest BCUT2D eigenvalue weighted by Crippen LogP contribution is 2.34. The zero-order chi connectivity index (χ0) is 26.2. The molecule has 37 heavy (non-hydrogen) atoms. The van der Waals surface area contributed by atoms with E-state index < -0.39 is 11.5 Å². The molecule has 0 aliphatic carbocycles. The molecule has 1 fully saturated rings. The van der Waals surface area contributed by atoms with Gasteiger partial charge in [-0.25, -0.2) is 4.98 Å². The van der Waals surface area contributed by atoms with Crippen LogP contribution in [0.5, 0.6) is 5.75 Å². The number of nitriles is 1. The van der Waals surface area contributed by atoms with Crippen LogP contribution in [-0.4, -0.2) is 40.4 Å². The molecular weight excluding hydrogens is 506 g/mol. The molecule has 0 spiro atoms. The Morgan fingerprint density at radius 2 is 2.00 bits per heavy atom. The number of hydrogen-bond acceptors (Lipinski definition) is 7. The number of pyridine rings is 2. The predicted molar refractivity (Wildman–Crippen MR) is 130 cm³/mol. The van der Waals surface area contributed by atoms with Crippen molar-refractivity contribution in [1.29, 1.82) is 5.26 Å². The number of nitrogens with one attached hydrogen (secondary N) is 2. The molecule has 0 unspecified atom stereocenters. The second-order valence-electron chi connectivity index (χ2n) is 8.58. The van der Waals surface area contributed by atoms with Gasteiger partial charge < -0.3 is 20.3 Å². The van der Waals surface area contributed by atoms with Gasteiger partial charge in [0.15, 0.2) is 0 Å². The molecule has 0 bridgehead atoms. The van der Waals surface area contributed by atoms with E-state index in [-0.39, 0.29) is 23.1 Å². The van der Waals surface area contributed by atoms with Crippen LogP contribution in [0, 0.1) is 17.2 Å². The summed E-state index contributed by atoms with van der Waals surface area (Å²) in [6, 6.07) is 10.9. The van der Waals surface area contributed by atoms with Crippen LogP contribution in [0.3, 0.4) is 0 Å². The van der Waals surface area contributed by atoms with E-state index in [2.05, 4.69) is 31.4 Å². The van der Waals surface area contributed by atoms with E-state index in [1.165, 1.54) is 30.5 Å². The predicted octanol–water partition coefficient (Wildman–Crippen LogP) is 4.16. The number of aromatic nitrogens is 2. The lowest BCUT2D eigenvalue weighted by atomic mass is 10.0. The Bertz CT molecular complexity index is 1420. The van der Waals surface area contributed by atoms with Crippen LogP contribution in [0.25, 0.3) is 11.1 Å². The van der Waals surface area contributed by atoms with Gasteiger partial charge in [-0.1, -0.05) is 0 Å². The van der Waals surface area contributed by atoms with E-state index in [4.69, 9.17) is 11.6 Å². The minimum Gasteiger partial charge on any atom is -0.420 e. The van der Waals surface area contributed by atoms with Crippen LogP contribution < -0.4 is 20.3 Å². The van der Waals surface area contributed by atoms with Gasteiger partial charge in [-0.15, -0.1) is 8.78 Å². The summed E-state index contributed by atoms with van der Waals surface area (Å²) in [4.78, 5) is 36.2. The molecule has 188 valence electrons. The summed E-state index contributed by atoms with van der Waals surface area (Å²) in [5.74, 6) is -0.427.